The zero-order chi connectivity index (χ0) is 6.15. The molecule has 0 spiro atoms. The third kappa shape index (κ3) is 1.03. The van der Waals surface area contributed by atoms with Crippen LogP contribution in [-0.2, 0) is 0 Å². The van der Waals surface area contributed by atoms with Crippen LogP contribution >= 0.6 is 24.0 Å². The molecule has 0 saturated carbocycles. The fourth-order valence-electron chi connectivity index (χ4n) is 0.494. The van der Waals surface area contributed by atoms with Gasteiger partial charge in [0.15, 0.2) is 0 Å². The van der Waals surface area contributed by atoms with Crippen molar-refractivity contribution in [2.24, 2.45) is 0 Å². The maximum Gasteiger partial charge on any atom is 0.138 e. The smallest absolute Gasteiger partial charge is 0.138 e. The zero-order valence-electron chi connectivity index (χ0n) is 4.60. The Hall–Kier alpha value is -0.0200. The van der Waals surface area contributed by atoms with Crippen molar-refractivity contribution in [3.05, 3.63) is 12.3 Å². The van der Waals surface area contributed by atoms with E-state index in [2.05, 4.69) is 18.8 Å². The van der Waals surface area contributed by atoms with Crippen molar-refractivity contribution in [3.8, 4) is 0 Å². The van der Waals surface area contributed by atoms with E-state index in [1.807, 2.05) is 0 Å². The molecule has 0 aromatic rings. The summed E-state index contributed by atoms with van der Waals surface area (Å²) in [6.45, 7) is 5.85. The summed E-state index contributed by atoms with van der Waals surface area (Å²) in [4.78, 5) is 0. The molecule has 1 aliphatic heterocycles. The van der Waals surface area contributed by atoms with Crippen LogP contribution in [0.5, 0.6) is 0 Å². The quantitative estimate of drug-likeness (QED) is 0.519. The second-order valence-electron chi connectivity index (χ2n) is 1.70. The minimum Gasteiger partial charge on any atom is -0.344 e. The Bertz CT molecular complexity index is 141. The minimum atomic E-state index is 0.461. The Balaban J connectivity index is 2.64. The summed E-state index contributed by atoms with van der Waals surface area (Å²) in [7, 11) is 0. The molecule has 1 saturated heterocycles. The highest BCUT2D eigenvalue weighted by molar-refractivity contribution is 8.23. The summed E-state index contributed by atoms with van der Waals surface area (Å²) >= 11 is 6.51. The fourth-order valence-corrected chi connectivity index (χ4v) is 1.77. The number of nitrogens with one attached hydrogen (secondary N) is 1. The first-order valence-electron chi connectivity index (χ1n) is 2.36. The van der Waals surface area contributed by atoms with Gasteiger partial charge in [0.2, 0.25) is 0 Å². The molecule has 0 radical (unpaired) electrons. The molecule has 1 atom stereocenters. The normalized spacial score (nSPS) is 28.4. The average Bonchev–Trinajstić information content (AvgIpc) is 1.85. The van der Waals surface area contributed by atoms with Gasteiger partial charge in [-0.1, -0.05) is 30.6 Å². The van der Waals surface area contributed by atoms with Gasteiger partial charge < -0.3 is 5.32 Å². The van der Waals surface area contributed by atoms with E-state index in [9.17, 15) is 0 Å². The van der Waals surface area contributed by atoms with E-state index in [1.54, 1.807) is 11.8 Å². The molecule has 0 bridgehead atoms. The van der Waals surface area contributed by atoms with Crippen molar-refractivity contribution in [2.75, 3.05) is 0 Å². The van der Waals surface area contributed by atoms with Crippen molar-refractivity contribution in [3.63, 3.8) is 0 Å². The molecule has 44 valence electrons. The third-order valence-corrected chi connectivity index (χ3v) is 2.38. The lowest BCUT2D eigenvalue weighted by atomic mass is 10.4. The molecular weight excluding hydrogens is 138 g/mol. The molecule has 3 heteroatoms. The fraction of sp³-hybridized carbons (Fsp3) is 0.400. The first kappa shape index (κ1) is 6.11. The van der Waals surface area contributed by atoms with Gasteiger partial charge in [-0.25, -0.2) is 0 Å². The van der Waals surface area contributed by atoms with E-state index in [1.165, 1.54) is 0 Å². The molecule has 1 heterocycles. The van der Waals surface area contributed by atoms with Crippen LogP contribution in [0.4, 0.5) is 0 Å². The van der Waals surface area contributed by atoms with Gasteiger partial charge in [-0.05, 0) is 6.92 Å². The Morgan fingerprint density at radius 2 is 2.50 bits per heavy atom. The van der Waals surface area contributed by atoms with Gasteiger partial charge in [0.05, 0.1) is 0 Å². The zero-order valence-corrected chi connectivity index (χ0v) is 6.23. The highest BCUT2D eigenvalue weighted by atomic mass is 32.2. The highest BCUT2D eigenvalue weighted by Gasteiger charge is 2.17. The van der Waals surface area contributed by atoms with Gasteiger partial charge in [-0.2, -0.15) is 0 Å². The molecule has 1 fully saturated rings. The lowest BCUT2D eigenvalue weighted by Crippen LogP contribution is -2.09. The van der Waals surface area contributed by atoms with E-state index in [-0.39, 0.29) is 0 Å². The van der Waals surface area contributed by atoms with Crippen molar-refractivity contribution in [1.82, 2.24) is 5.32 Å². The average molecular weight is 145 g/mol. The maximum absolute atomic E-state index is 4.86. The van der Waals surface area contributed by atoms with Crippen molar-refractivity contribution in [1.29, 1.82) is 0 Å². The van der Waals surface area contributed by atoms with Crippen molar-refractivity contribution in [2.45, 2.75) is 12.2 Å². The molecule has 1 nitrogen and oxygen atoms in total. The van der Waals surface area contributed by atoms with Gasteiger partial charge in [-0.3, -0.25) is 0 Å². The van der Waals surface area contributed by atoms with Gasteiger partial charge in [0, 0.05) is 10.9 Å². The van der Waals surface area contributed by atoms with Crippen molar-refractivity contribution < 1.29 is 0 Å². The molecule has 1 rings (SSSR count). The Morgan fingerprint density at radius 1 is 1.88 bits per heavy atom. The summed E-state index contributed by atoms with van der Waals surface area (Å²) < 4.78 is 0.850. The van der Waals surface area contributed by atoms with Crippen LogP contribution in [0, 0.1) is 0 Å². The van der Waals surface area contributed by atoms with Crippen LogP contribution in [-0.4, -0.2) is 9.57 Å². The van der Waals surface area contributed by atoms with E-state index in [0.717, 1.165) is 10.0 Å². The first-order valence-corrected chi connectivity index (χ1v) is 3.65. The van der Waals surface area contributed by atoms with Gasteiger partial charge in [-0.15, -0.1) is 0 Å². The molecule has 1 unspecified atom stereocenters. The topological polar surface area (TPSA) is 12.0 Å². The van der Waals surface area contributed by atoms with Crippen LogP contribution in [0.15, 0.2) is 12.3 Å². The Morgan fingerprint density at radius 3 is 2.62 bits per heavy atom. The third-order valence-electron chi connectivity index (χ3n) is 1.04. The van der Waals surface area contributed by atoms with Crippen LogP contribution in [0.2, 0.25) is 0 Å². The van der Waals surface area contributed by atoms with Crippen LogP contribution in [0.3, 0.4) is 0 Å². The van der Waals surface area contributed by atoms with Gasteiger partial charge in [0.1, 0.15) is 4.32 Å². The number of thiocarbonyl (C=S) groups is 1. The van der Waals surface area contributed by atoms with Gasteiger partial charge >= 0.3 is 0 Å². The summed E-state index contributed by atoms with van der Waals surface area (Å²) in [6, 6.07) is 0. The van der Waals surface area contributed by atoms with Crippen LogP contribution in [0.1, 0.15) is 6.92 Å². The molecule has 0 aliphatic carbocycles. The summed E-state index contributed by atoms with van der Waals surface area (Å²) in [6.07, 6.45) is 0. The first-order chi connectivity index (χ1) is 3.70. The Labute approximate surface area is 58.5 Å². The predicted molar refractivity (Wildman–Crippen MR) is 41.9 cm³/mol. The molecule has 1 N–H and O–H groups in total. The van der Waals surface area contributed by atoms with E-state index in [4.69, 9.17) is 12.2 Å². The lowest BCUT2D eigenvalue weighted by Gasteiger charge is -1.95. The van der Waals surface area contributed by atoms with Gasteiger partial charge in [0.25, 0.3) is 0 Å². The van der Waals surface area contributed by atoms with E-state index >= 15 is 0 Å². The lowest BCUT2D eigenvalue weighted by molar-refractivity contribution is 1.05. The Kier molecular flexibility index (Phi) is 1.58. The molecule has 0 aromatic carbocycles. The maximum atomic E-state index is 4.86. The molecule has 0 aromatic heterocycles. The minimum absolute atomic E-state index is 0.461. The SMILES string of the molecule is C=C1NC(=S)SC1C. The number of hydrogen-bond donors (Lipinski definition) is 1. The summed E-state index contributed by atoms with van der Waals surface area (Å²) in [5.41, 5.74) is 1.03. The number of hydrogen-bond acceptors (Lipinski definition) is 2. The van der Waals surface area contributed by atoms with Crippen LogP contribution < -0.4 is 5.32 Å². The number of rotatable bonds is 0. The predicted octanol–water partition coefficient (Wildman–Crippen LogP) is 1.51. The molecule has 1 aliphatic rings. The van der Waals surface area contributed by atoms with Crippen molar-refractivity contribution >= 4 is 28.3 Å². The molecule has 8 heavy (non-hydrogen) atoms. The molecule has 0 amide bonds. The summed E-state index contributed by atoms with van der Waals surface area (Å²) in [5, 5.41) is 3.43. The molecular formula is C5H7NS2. The standard InChI is InChI=1S/C5H7NS2/c1-3-4(2)8-5(7)6-3/h4H,1H2,2H3,(H,6,7). The summed E-state index contributed by atoms with van der Waals surface area (Å²) in [5.74, 6) is 0. The second kappa shape index (κ2) is 2.07. The number of thioether (sulfide) groups is 1. The second-order valence-corrected chi connectivity index (χ2v) is 3.72. The van der Waals surface area contributed by atoms with Crippen LogP contribution in [0.25, 0.3) is 0 Å². The van der Waals surface area contributed by atoms with E-state index < -0.39 is 0 Å². The largest absolute Gasteiger partial charge is 0.344 e. The highest BCUT2D eigenvalue weighted by Crippen LogP contribution is 2.23. The monoisotopic (exact) mass is 145 g/mol. The van der Waals surface area contributed by atoms with E-state index in [0.29, 0.717) is 5.25 Å².